The fraction of sp³-hybridized carbons (Fsp3) is 0.259. The summed E-state index contributed by atoms with van der Waals surface area (Å²) in [5.41, 5.74) is 0.325. The molecule has 1 N–H and O–H groups in total. The minimum atomic E-state index is -2.87. The highest BCUT2D eigenvalue weighted by Gasteiger charge is 2.39. The van der Waals surface area contributed by atoms with E-state index >= 15 is 0 Å². The van der Waals surface area contributed by atoms with Gasteiger partial charge in [-0.15, -0.1) is 0 Å². The summed E-state index contributed by atoms with van der Waals surface area (Å²) in [6, 6.07) is 5.23. The molecule has 0 spiro atoms. The third-order valence-electron chi connectivity index (χ3n) is 6.64. The Labute approximate surface area is 229 Å². The molecule has 0 aliphatic carbocycles. The molecule has 1 saturated heterocycles. The van der Waals surface area contributed by atoms with Gasteiger partial charge in [-0.3, -0.25) is 14.3 Å². The second-order valence-electron chi connectivity index (χ2n) is 9.25. The molecule has 0 radical (unpaired) electrons. The highest BCUT2D eigenvalue weighted by Crippen LogP contribution is 2.35. The van der Waals surface area contributed by atoms with Crippen molar-refractivity contribution in [1.82, 2.24) is 29.6 Å². The van der Waals surface area contributed by atoms with Crippen LogP contribution in [-0.4, -0.2) is 36.8 Å². The lowest BCUT2D eigenvalue weighted by Crippen LogP contribution is -2.24. The number of aromatic nitrogens is 5. The first-order valence-electron chi connectivity index (χ1n) is 12.8. The monoisotopic (exact) mass is 554 g/mol. The maximum absolute atomic E-state index is 14.2. The van der Waals surface area contributed by atoms with Gasteiger partial charge < -0.3 is 10.1 Å². The zero-order chi connectivity index (χ0) is 29.7. The molecule has 4 aromatic rings. The minimum Gasteiger partial charge on any atom is -0.485 e. The third kappa shape index (κ3) is 4.71. The maximum atomic E-state index is 14.2. The summed E-state index contributed by atoms with van der Waals surface area (Å²) in [5.74, 6) is -0.234. The smallest absolute Gasteiger partial charge is 0.277 e. The van der Waals surface area contributed by atoms with Crippen LogP contribution in [0.2, 0.25) is 5.02 Å². The molecule has 39 heavy (non-hydrogen) atoms. The Morgan fingerprint density at radius 1 is 1.26 bits per heavy atom. The van der Waals surface area contributed by atoms with Crippen LogP contribution in [0.15, 0.2) is 53.3 Å². The summed E-state index contributed by atoms with van der Waals surface area (Å²) < 4.78 is 51.9. The third-order valence-corrected chi connectivity index (χ3v) is 6.98. The van der Waals surface area contributed by atoms with E-state index in [1.807, 2.05) is 12.9 Å². The van der Waals surface area contributed by atoms with Crippen molar-refractivity contribution in [1.29, 1.82) is 0 Å². The highest BCUT2D eigenvalue weighted by atomic mass is 35.5. The molecule has 1 unspecified atom stereocenters. The van der Waals surface area contributed by atoms with E-state index in [1.165, 1.54) is 15.3 Å². The van der Waals surface area contributed by atoms with Crippen LogP contribution in [0.5, 0.6) is 5.75 Å². The van der Waals surface area contributed by atoms with E-state index in [0.717, 1.165) is 0 Å². The first-order chi connectivity index (χ1) is 19.4. The van der Waals surface area contributed by atoms with Gasteiger partial charge in [0.1, 0.15) is 40.5 Å². The fourth-order valence-corrected chi connectivity index (χ4v) is 4.60. The van der Waals surface area contributed by atoms with Crippen molar-refractivity contribution in [3.05, 3.63) is 98.2 Å². The van der Waals surface area contributed by atoms with Gasteiger partial charge in [-0.1, -0.05) is 11.6 Å². The van der Waals surface area contributed by atoms with E-state index in [2.05, 4.69) is 20.4 Å². The Balaban J connectivity index is 1.52. The second kappa shape index (κ2) is 10.1. The largest absolute Gasteiger partial charge is 0.485 e. The number of halogens is 3. The van der Waals surface area contributed by atoms with Gasteiger partial charge in [0, 0.05) is 42.8 Å². The molecule has 4 aromatic heterocycles. The molecule has 0 amide bonds. The number of allylic oxidation sites excluding steroid dienone is 1. The standard InChI is InChI=1S/C27H23ClF2N6O3/c1-15-11-33-24(35-7-4-22(34-35)27(3)5-6-31-23(27)13-37)10-20(15)36-16(2)8-21(25(28)26(36)38)39-14-19-18(30)9-17(29)12-32-19/h4,7-12,31H,5-6,14H2,1-3H3/i14D2. The lowest BCUT2D eigenvalue weighted by Gasteiger charge is -2.19. The number of nitrogens with zero attached hydrogens (tertiary/aromatic N) is 5. The molecule has 5 heterocycles. The van der Waals surface area contributed by atoms with Crippen LogP contribution in [0, 0.1) is 25.5 Å². The molecule has 1 atom stereocenters. The average molecular weight is 555 g/mol. The van der Waals surface area contributed by atoms with Gasteiger partial charge in [0.05, 0.1) is 25.7 Å². The van der Waals surface area contributed by atoms with Crippen LogP contribution >= 0.6 is 11.6 Å². The molecular formula is C27H23ClF2N6O3. The van der Waals surface area contributed by atoms with E-state index in [9.17, 15) is 18.4 Å². The van der Waals surface area contributed by atoms with Crippen molar-refractivity contribution in [3.63, 3.8) is 0 Å². The Morgan fingerprint density at radius 2 is 2.05 bits per heavy atom. The van der Waals surface area contributed by atoms with Crippen LogP contribution in [-0.2, 0) is 16.8 Å². The summed E-state index contributed by atoms with van der Waals surface area (Å²) in [6.45, 7) is 3.00. The van der Waals surface area contributed by atoms with Crippen molar-refractivity contribution < 1.29 is 21.1 Å². The van der Waals surface area contributed by atoms with Crippen LogP contribution < -0.4 is 15.6 Å². The molecule has 5 rings (SSSR count). The molecule has 1 aliphatic heterocycles. The topological polar surface area (TPSA) is 104 Å². The number of hydrogen-bond donors (Lipinski definition) is 1. The number of carbonyl (C=O) groups excluding carboxylic acids is 1. The Kier molecular flexibility index (Phi) is 6.14. The molecule has 0 aromatic carbocycles. The quantitative estimate of drug-likeness (QED) is 0.360. The van der Waals surface area contributed by atoms with Gasteiger partial charge in [0.15, 0.2) is 11.6 Å². The number of rotatable bonds is 6. The van der Waals surface area contributed by atoms with Gasteiger partial charge >= 0.3 is 0 Å². The van der Waals surface area contributed by atoms with Crippen LogP contribution in [0.3, 0.4) is 0 Å². The van der Waals surface area contributed by atoms with Gasteiger partial charge in [0.2, 0.25) is 0 Å². The summed E-state index contributed by atoms with van der Waals surface area (Å²) in [6.07, 6.45) is 4.59. The zero-order valence-corrected chi connectivity index (χ0v) is 21.8. The maximum Gasteiger partial charge on any atom is 0.277 e. The number of aryl methyl sites for hydroxylation is 2. The van der Waals surface area contributed by atoms with Crippen molar-refractivity contribution in [2.45, 2.75) is 39.2 Å². The van der Waals surface area contributed by atoms with E-state index in [-0.39, 0.29) is 5.75 Å². The van der Waals surface area contributed by atoms with Gasteiger partial charge in [-0.25, -0.2) is 23.2 Å². The van der Waals surface area contributed by atoms with Gasteiger partial charge in [0.25, 0.3) is 5.56 Å². The Morgan fingerprint density at radius 3 is 2.79 bits per heavy atom. The lowest BCUT2D eigenvalue weighted by atomic mass is 9.83. The van der Waals surface area contributed by atoms with Gasteiger partial charge in [-0.05, 0) is 38.8 Å². The Bertz CT molecular complexity index is 1800. The van der Waals surface area contributed by atoms with E-state index in [4.69, 9.17) is 19.1 Å². The minimum absolute atomic E-state index is 0.324. The highest BCUT2D eigenvalue weighted by molar-refractivity contribution is 6.31. The molecule has 1 aliphatic rings. The van der Waals surface area contributed by atoms with Crippen molar-refractivity contribution in [2.24, 2.45) is 0 Å². The number of pyridine rings is 3. The first-order valence-corrected chi connectivity index (χ1v) is 12.2. The van der Waals surface area contributed by atoms with Crippen molar-refractivity contribution in [3.8, 4) is 17.3 Å². The zero-order valence-electron chi connectivity index (χ0n) is 23.1. The predicted molar refractivity (Wildman–Crippen MR) is 139 cm³/mol. The molecule has 0 saturated carbocycles. The fourth-order valence-electron chi connectivity index (χ4n) is 4.42. The second-order valence-corrected chi connectivity index (χ2v) is 9.63. The molecular weight excluding hydrogens is 530 g/mol. The van der Waals surface area contributed by atoms with E-state index in [1.54, 1.807) is 38.4 Å². The van der Waals surface area contributed by atoms with Crippen LogP contribution in [0.4, 0.5) is 8.78 Å². The molecule has 9 nitrogen and oxygen atoms in total. The Hall–Kier alpha value is -4.34. The van der Waals surface area contributed by atoms with E-state index < -0.39 is 39.9 Å². The first kappa shape index (κ1) is 23.8. The van der Waals surface area contributed by atoms with Crippen molar-refractivity contribution >= 4 is 17.5 Å². The average Bonchev–Trinajstić information content (AvgIpc) is 3.55. The predicted octanol–water partition coefficient (Wildman–Crippen LogP) is 3.91. The summed E-state index contributed by atoms with van der Waals surface area (Å²) in [4.78, 5) is 32.8. The van der Waals surface area contributed by atoms with Crippen LogP contribution in [0.25, 0.3) is 11.5 Å². The summed E-state index contributed by atoms with van der Waals surface area (Å²) >= 11 is 6.33. The molecule has 1 fully saturated rings. The number of ether oxygens (including phenoxy) is 1. The molecule has 0 bridgehead atoms. The van der Waals surface area contributed by atoms with Crippen molar-refractivity contribution in [2.75, 3.05) is 6.54 Å². The SMILES string of the molecule is [2H]C([2H])(Oc1cc(C)n(-c2cc(-n3ccc(C4(C)CCNC4=C=O)n3)ncc2C)c(=O)c1Cl)c1ncc(F)cc1F. The number of hydrogen-bond acceptors (Lipinski definition) is 7. The lowest BCUT2D eigenvalue weighted by molar-refractivity contribution is 0.292. The van der Waals surface area contributed by atoms with E-state index in [0.29, 0.717) is 59.4 Å². The number of nitrogens with one attached hydrogen (secondary N) is 1. The summed E-state index contributed by atoms with van der Waals surface area (Å²) in [7, 11) is 0. The summed E-state index contributed by atoms with van der Waals surface area (Å²) in [5, 5.41) is 7.21. The normalized spacial score (nSPS) is 17.8. The van der Waals surface area contributed by atoms with Gasteiger partial charge in [-0.2, -0.15) is 5.10 Å². The molecule has 12 heteroatoms. The van der Waals surface area contributed by atoms with Crippen LogP contribution in [0.1, 0.15) is 38.7 Å². The molecule has 200 valence electrons.